The highest BCUT2D eigenvalue weighted by atomic mass is 32.1. The SMILES string of the molecule is CC(=O)N(CC(=O)N1CCc2sccc2[C@H]1c1ccc(C)cc1)C1CC1. The van der Waals surface area contributed by atoms with E-state index in [0.29, 0.717) is 6.54 Å². The number of rotatable bonds is 4. The Balaban J connectivity index is 1.64. The van der Waals surface area contributed by atoms with Gasteiger partial charge in [-0.05, 0) is 48.8 Å². The molecule has 0 N–H and O–H groups in total. The number of nitrogens with zero attached hydrogens (tertiary/aromatic N) is 2. The lowest BCUT2D eigenvalue weighted by molar-refractivity contribution is -0.141. The van der Waals surface area contributed by atoms with E-state index in [9.17, 15) is 9.59 Å². The Hall–Kier alpha value is -2.14. The van der Waals surface area contributed by atoms with Crippen LogP contribution in [0, 0.1) is 6.92 Å². The minimum atomic E-state index is -0.0499. The summed E-state index contributed by atoms with van der Waals surface area (Å²) in [6.07, 6.45) is 2.93. The van der Waals surface area contributed by atoms with Gasteiger partial charge in [0.15, 0.2) is 0 Å². The van der Waals surface area contributed by atoms with Gasteiger partial charge >= 0.3 is 0 Å². The molecule has 4 rings (SSSR count). The predicted octanol–water partition coefficient (Wildman–Crippen LogP) is 3.54. The van der Waals surface area contributed by atoms with Crippen LogP contribution in [0.1, 0.15) is 47.4 Å². The Morgan fingerprint density at radius 2 is 1.92 bits per heavy atom. The number of aryl methyl sites for hydroxylation is 1. The highest BCUT2D eigenvalue weighted by molar-refractivity contribution is 7.10. The molecule has 0 radical (unpaired) electrons. The molecule has 1 aliphatic carbocycles. The van der Waals surface area contributed by atoms with Gasteiger partial charge in [0.25, 0.3) is 0 Å². The fraction of sp³-hybridized carbons (Fsp3) is 0.429. The second-order valence-corrected chi connectivity index (χ2v) is 8.33. The van der Waals surface area contributed by atoms with E-state index in [4.69, 9.17) is 0 Å². The molecule has 5 heteroatoms. The molecule has 1 aromatic heterocycles. The molecule has 0 spiro atoms. The summed E-state index contributed by atoms with van der Waals surface area (Å²) in [5.41, 5.74) is 3.59. The van der Waals surface area contributed by atoms with Crippen molar-refractivity contribution in [3.05, 3.63) is 57.3 Å². The number of benzene rings is 1. The summed E-state index contributed by atoms with van der Waals surface area (Å²) in [5.74, 6) is 0.0514. The molecule has 0 saturated heterocycles. The van der Waals surface area contributed by atoms with Crippen molar-refractivity contribution >= 4 is 23.2 Å². The van der Waals surface area contributed by atoms with Crippen molar-refractivity contribution in [3.8, 4) is 0 Å². The first kappa shape index (κ1) is 17.3. The van der Waals surface area contributed by atoms with Gasteiger partial charge in [0.1, 0.15) is 6.54 Å². The molecular weight excluding hydrogens is 344 g/mol. The summed E-state index contributed by atoms with van der Waals surface area (Å²) in [7, 11) is 0. The van der Waals surface area contributed by atoms with E-state index in [1.807, 2.05) is 4.90 Å². The monoisotopic (exact) mass is 368 g/mol. The van der Waals surface area contributed by atoms with E-state index >= 15 is 0 Å². The van der Waals surface area contributed by atoms with Gasteiger partial charge in [-0.2, -0.15) is 0 Å². The standard InChI is InChI=1S/C21H24N2O2S/c1-14-3-5-16(6-4-14)21-18-10-12-26-19(18)9-11-22(21)20(25)13-23(15(2)24)17-7-8-17/h3-6,10,12,17,21H,7-9,11,13H2,1-2H3/t21-/m1/s1. The van der Waals surface area contributed by atoms with Crippen molar-refractivity contribution in [1.82, 2.24) is 9.80 Å². The molecule has 1 aromatic carbocycles. The van der Waals surface area contributed by atoms with Gasteiger partial charge in [0.2, 0.25) is 11.8 Å². The summed E-state index contributed by atoms with van der Waals surface area (Å²) < 4.78 is 0. The fourth-order valence-electron chi connectivity index (χ4n) is 3.81. The Morgan fingerprint density at radius 1 is 1.19 bits per heavy atom. The normalized spacial score (nSPS) is 19.2. The fourth-order valence-corrected chi connectivity index (χ4v) is 4.72. The number of carbonyl (C=O) groups excluding carboxylic acids is 2. The first-order valence-electron chi connectivity index (χ1n) is 9.24. The average molecular weight is 369 g/mol. The van der Waals surface area contributed by atoms with Crippen molar-refractivity contribution < 1.29 is 9.59 Å². The van der Waals surface area contributed by atoms with Crippen LogP contribution in [0.5, 0.6) is 0 Å². The van der Waals surface area contributed by atoms with Crippen molar-refractivity contribution in [2.24, 2.45) is 0 Å². The third-order valence-electron chi connectivity index (χ3n) is 5.38. The molecule has 2 amide bonds. The predicted molar refractivity (Wildman–Crippen MR) is 103 cm³/mol. The number of fused-ring (bicyclic) bond motifs is 1. The van der Waals surface area contributed by atoms with Gasteiger partial charge in [-0.1, -0.05) is 29.8 Å². The molecule has 4 nitrogen and oxygen atoms in total. The Kier molecular flexibility index (Phi) is 4.57. The maximum atomic E-state index is 13.2. The van der Waals surface area contributed by atoms with Gasteiger partial charge in [0.05, 0.1) is 6.04 Å². The van der Waals surface area contributed by atoms with Crippen LogP contribution in [0.2, 0.25) is 0 Å². The molecule has 2 heterocycles. The first-order valence-corrected chi connectivity index (χ1v) is 10.1. The zero-order valence-corrected chi connectivity index (χ0v) is 16.1. The number of thiophene rings is 1. The Bertz CT molecular complexity index is 823. The molecule has 0 bridgehead atoms. The largest absolute Gasteiger partial charge is 0.331 e. The number of carbonyl (C=O) groups is 2. The van der Waals surface area contributed by atoms with Crippen molar-refractivity contribution in [2.45, 2.75) is 45.2 Å². The van der Waals surface area contributed by atoms with Crippen molar-refractivity contribution in [2.75, 3.05) is 13.1 Å². The smallest absolute Gasteiger partial charge is 0.243 e. The number of hydrogen-bond donors (Lipinski definition) is 0. The minimum absolute atomic E-state index is 0.000896. The summed E-state index contributed by atoms with van der Waals surface area (Å²) in [5, 5.41) is 2.12. The zero-order valence-electron chi connectivity index (χ0n) is 15.3. The van der Waals surface area contributed by atoms with Crippen LogP contribution >= 0.6 is 11.3 Å². The lowest BCUT2D eigenvalue weighted by Crippen LogP contribution is -2.47. The molecule has 26 heavy (non-hydrogen) atoms. The molecule has 2 aromatic rings. The first-order chi connectivity index (χ1) is 12.5. The van der Waals surface area contributed by atoms with Crippen LogP contribution in [-0.4, -0.2) is 40.7 Å². The van der Waals surface area contributed by atoms with Gasteiger partial charge in [0, 0.05) is 24.4 Å². The Morgan fingerprint density at radius 3 is 2.58 bits per heavy atom. The van der Waals surface area contributed by atoms with Gasteiger partial charge in [-0.15, -0.1) is 11.3 Å². The minimum Gasteiger partial charge on any atom is -0.331 e. The van der Waals surface area contributed by atoms with Crippen LogP contribution in [0.4, 0.5) is 0 Å². The maximum absolute atomic E-state index is 13.2. The average Bonchev–Trinajstić information content (AvgIpc) is 3.35. The second-order valence-electron chi connectivity index (χ2n) is 7.33. The molecule has 1 fully saturated rings. The second kappa shape index (κ2) is 6.88. The maximum Gasteiger partial charge on any atom is 0.243 e. The van der Waals surface area contributed by atoms with Crippen LogP contribution in [0.15, 0.2) is 35.7 Å². The quantitative estimate of drug-likeness (QED) is 0.828. The number of amides is 2. The van der Waals surface area contributed by atoms with Gasteiger partial charge < -0.3 is 9.80 Å². The molecule has 136 valence electrons. The van der Waals surface area contributed by atoms with Crippen LogP contribution in [0.25, 0.3) is 0 Å². The summed E-state index contributed by atoms with van der Waals surface area (Å²) >= 11 is 1.77. The molecule has 2 aliphatic rings. The van der Waals surface area contributed by atoms with Crippen molar-refractivity contribution in [1.29, 1.82) is 0 Å². The third kappa shape index (κ3) is 3.28. The topological polar surface area (TPSA) is 40.6 Å². The molecule has 1 atom stereocenters. The summed E-state index contributed by atoms with van der Waals surface area (Å²) in [6, 6.07) is 10.8. The van der Waals surface area contributed by atoms with E-state index < -0.39 is 0 Å². The van der Waals surface area contributed by atoms with Gasteiger partial charge in [-0.3, -0.25) is 9.59 Å². The molecule has 1 saturated carbocycles. The molecule has 1 aliphatic heterocycles. The van der Waals surface area contributed by atoms with Crippen LogP contribution < -0.4 is 0 Å². The summed E-state index contributed by atoms with van der Waals surface area (Å²) in [4.78, 5) is 30.2. The van der Waals surface area contributed by atoms with Crippen LogP contribution in [0.3, 0.4) is 0 Å². The van der Waals surface area contributed by atoms with Crippen molar-refractivity contribution in [3.63, 3.8) is 0 Å². The summed E-state index contributed by atoms with van der Waals surface area (Å²) in [6.45, 7) is 4.54. The zero-order chi connectivity index (χ0) is 18.3. The van der Waals surface area contributed by atoms with E-state index in [0.717, 1.165) is 24.8 Å². The van der Waals surface area contributed by atoms with E-state index in [-0.39, 0.29) is 30.4 Å². The lowest BCUT2D eigenvalue weighted by Gasteiger charge is -2.37. The highest BCUT2D eigenvalue weighted by Crippen LogP contribution is 2.38. The highest BCUT2D eigenvalue weighted by Gasteiger charge is 2.37. The third-order valence-corrected chi connectivity index (χ3v) is 6.37. The van der Waals surface area contributed by atoms with Crippen LogP contribution in [-0.2, 0) is 16.0 Å². The van der Waals surface area contributed by atoms with E-state index in [2.05, 4.69) is 42.6 Å². The van der Waals surface area contributed by atoms with Gasteiger partial charge in [-0.25, -0.2) is 0 Å². The van der Waals surface area contributed by atoms with E-state index in [1.54, 1.807) is 23.2 Å². The lowest BCUT2D eigenvalue weighted by atomic mass is 9.92. The molecule has 0 unspecified atom stereocenters. The number of hydrogen-bond acceptors (Lipinski definition) is 3. The molecular formula is C21H24N2O2S. The van der Waals surface area contributed by atoms with E-state index in [1.165, 1.54) is 16.0 Å². The Labute approximate surface area is 158 Å².